The largest absolute Gasteiger partial charge is 0.330 e. The fourth-order valence-corrected chi connectivity index (χ4v) is 2.42. The lowest BCUT2D eigenvalue weighted by Crippen LogP contribution is -2.40. The summed E-state index contributed by atoms with van der Waals surface area (Å²) in [6, 6.07) is 7.04. The van der Waals surface area contributed by atoms with E-state index in [-0.39, 0.29) is 22.1 Å². The number of rotatable bonds is 8. The summed E-state index contributed by atoms with van der Waals surface area (Å²) in [6.07, 6.45) is 1.04. The second kappa shape index (κ2) is 7.52. The molecule has 0 fully saturated rings. The quantitative estimate of drug-likeness (QED) is 0.589. The van der Waals surface area contributed by atoms with Crippen molar-refractivity contribution in [3.05, 3.63) is 39.9 Å². The average molecular weight is 293 g/mol. The SMILES string of the molecule is CCCN(CC(C)(C)CN)C(C)c1cccc([N+](=O)[O-])c1. The molecule has 0 amide bonds. The minimum Gasteiger partial charge on any atom is -0.330 e. The maximum Gasteiger partial charge on any atom is 0.269 e. The van der Waals surface area contributed by atoms with Crippen molar-refractivity contribution in [3.63, 3.8) is 0 Å². The molecule has 0 aromatic heterocycles. The van der Waals surface area contributed by atoms with Gasteiger partial charge in [-0.05, 0) is 37.4 Å². The zero-order valence-corrected chi connectivity index (χ0v) is 13.5. The van der Waals surface area contributed by atoms with E-state index < -0.39 is 0 Å². The molecule has 1 unspecified atom stereocenters. The number of nitrogens with two attached hydrogens (primary N) is 1. The molecule has 1 aromatic carbocycles. The summed E-state index contributed by atoms with van der Waals surface area (Å²) in [5.41, 5.74) is 6.99. The minimum absolute atomic E-state index is 0.0319. The zero-order chi connectivity index (χ0) is 16.0. The molecule has 0 heterocycles. The second-order valence-corrected chi connectivity index (χ2v) is 6.37. The first kappa shape index (κ1) is 17.6. The van der Waals surface area contributed by atoms with Gasteiger partial charge in [-0.1, -0.05) is 32.9 Å². The summed E-state index contributed by atoms with van der Waals surface area (Å²) in [5, 5.41) is 10.9. The van der Waals surface area contributed by atoms with E-state index in [4.69, 9.17) is 5.73 Å². The molecule has 0 aliphatic carbocycles. The van der Waals surface area contributed by atoms with Gasteiger partial charge in [0, 0.05) is 24.7 Å². The molecule has 21 heavy (non-hydrogen) atoms. The van der Waals surface area contributed by atoms with Crippen molar-refractivity contribution in [3.8, 4) is 0 Å². The first-order valence-corrected chi connectivity index (χ1v) is 7.49. The van der Waals surface area contributed by atoms with E-state index in [1.165, 1.54) is 6.07 Å². The van der Waals surface area contributed by atoms with E-state index in [2.05, 4.69) is 32.6 Å². The van der Waals surface area contributed by atoms with Crippen LogP contribution in [0.4, 0.5) is 5.69 Å². The highest BCUT2D eigenvalue weighted by molar-refractivity contribution is 5.35. The van der Waals surface area contributed by atoms with Gasteiger partial charge in [0.25, 0.3) is 5.69 Å². The Morgan fingerprint density at radius 2 is 2.10 bits per heavy atom. The normalized spacial score (nSPS) is 13.4. The topological polar surface area (TPSA) is 72.4 Å². The van der Waals surface area contributed by atoms with Crippen LogP contribution in [-0.4, -0.2) is 29.5 Å². The van der Waals surface area contributed by atoms with Crippen LogP contribution in [0.2, 0.25) is 0 Å². The third-order valence-corrected chi connectivity index (χ3v) is 3.81. The maximum atomic E-state index is 10.9. The van der Waals surface area contributed by atoms with Crippen molar-refractivity contribution in [2.45, 2.75) is 40.2 Å². The highest BCUT2D eigenvalue weighted by atomic mass is 16.6. The van der Waals surface area contributed by atoms with Gasteiger partial charge in [0.2, 0.25) is 0 Å². The van der Waals surface area contributed by atoms with Crippen LogP contribution in [-0.2, 0) is 0 Å². The third-order valence-electron chi connectivity index (χ3n) is 3.81. The Bertz CT molecular complexity index is 474. The lowest BCUT2D eigenvalue weighted by atomic mass is 9.91. The molecule has 5 nitrogen and oxygen atoms in total. The smallest absolute Gasteiger partial charge is 0.269 e. The molecule has 0 radical (unpaired) electrons. The Balaban J connectivity index is 2.97. The van der Waals surface area contributed by atoms with Crippen LogP contribution >= 0.6 is 0 Å². The van der Waals surface area contributed by atoms with Crippen LogP contribution < -0.4 is 5.73 Å². The molecule has 0 saturated carbocycles. The highest BCUT2D eigenvalue weighted by Gasteiger charge is 2.24. The summed E-state index contributed by atoms with van der Waals surface area (Å²) >= 11 is 0. The number of hydrogen-bond acceptors (Lipinski definition) is 4. The fraction of sp³-hybridized carbons (Fsp3) is 0.625. The third kappa shape index (κ3) is 5.10. The fourth-order valence-electron chi connectivity index (χ4n) is 2.42. The number of benzene rings is 1. The number of nitro benzene ring substituents is 1. The lowest BCUT2D eigenvalue weighted by molar-refractivity contribution is -0.384. The summed E-state index contributed by atoms with van der Waals surface area (Å²) in [4.78, 5) is 12.9. The van der Waals surface area contributed by atoms with Gasteiger partial charge in [-0.3, -0.25) is 15.0 Å². The minimum atomic E-state index is -0.343. The van der Waals surface area contributed by atoms with Crippen molar-refractivity contribution in [1.82, 2.24) is 4.90 Å². The molecule has 118 valence electrons. The molecule has 1 atom stereocenters. The van der Waals surface area contributed by atoms with E-state index in [0.29, 0.717) is 6.54 Å². The predicted octanol–water partition coefficient (Wildman–Crippen LogP) is 3.35. The van der Waals surface area contributed by atoms with Crippen molar-refractivity contribution in [2.24, 2.45) is 11.1 Å². The van der Waals surface area contributed by atoms with Crippen LogP contribution in [0, 0.1) is 15.5 Å². The lowest BCUT2D eigenvalue weighted by Gasteiger charge is -2.36. The predicted molar refractivity (Wildman–Crippen MR) is 86.2 cm³/mol. The molecule has 1 aromatic rings. The van der Waals surface area contributed by atoms with Crippen molar-refractivity contribution in [1.29, 1.82) is 0 Å². The van der Waals surface area contributed by atoms with Gasteiger partial charge in [0.15, 0.2) is 0 Å². The van der Waals surface area contributed by atoms with E-state index in [9.17, 15) is 10.1 Å². The van der Waals surface area contributed by atoms with Crippen LogP contribution in [0.5, 0.6) is 0 Å². The van der Waals surface area contributed by atoms with Gasteiger partial charge < -0.3 is 5.73 Å². The molecule has 0 aliphatic heterocycles. The Morgan fingerprint density at radius 3 is 2.62 bits per heavy atom. The number of nitro groups is 1. The van der Waals surface area contributed by atoms with Crippen LogP contribution in [0.25, 0.3) is 0 Å². The monoisotopic (exact) mass is 293 g/mol. The maximum absolute atomic E-state index is 10.9. The van der Waals surface area contributed by atoms with Crippen molar-refractivity contribution in [2.75, 3.05) is 19.6 Å². The first-order chi connectivity index (χ1) is 9.80. The molecule has 1 rings (SSSR count). The van der Waals surface area contributed by atoms with Crippen molar-refractivity contribution < 1.29 is 4.92 Å². The summed E-state index contributed by atoms with van der Waals surface area (Å²) in [5.74, 6) is 0. The van der Waals surface area contributed by atoms with Gasteiger partial charge in [-0.2, -0.15) is 0 Å². The van der Waals surface area contributed by atoms with E-state index in [0.717, 1.165) is 25.1 Å². The summed E-state index contributed by atoms with van der Waals surface area (Å²) < 4.78 is 0. The molecular weight excluding hydrogens is 266 g/mol. The molecular formula is C16H27N3O2. The Hall–Kier alpha value is -1.46. The molecule has 0 bridgehead atoms. The van der Waals surface area contributed by atoms with Crippen molar-refractivity contribution >= 4 is 5.69 Å². The van der Waals surface area contributed by atoms with E-state index in [1.54, 1.807) is 12.1 Å². The molecule has 0 spiro atoms. The highest BCUT2D eigenvalue weighted by Crippen LogP contribution is 2.27. The first-order valence-electron chi connectivity index (χ1n) is 7.49. The van der Waals surface area contributed by atoms with Gasteiger partial charge in [-0.15, -0.1) is 0 Å². The van der Waals surface area contributed by atoms with Crippen LogP contribution in [0.1, 0.15) is 45.7 Å². The molecule has 0 aliphatic rings. The van der Waals surface area contributed by atoms with Crippen LogP contribution in [0.3, 0.4) is 0 Å². The van der Waals surface area contributed by atoms with E-state index in [1.807, 2.05) is 6.07 Å². The standard InChI is InChI=1S/C16H27N3O2/c1-5-9-18(12-16(3,4)11-17)13(2)14-7-6-8-15(10-14)19(20)21/h6-8,10,13H,5,9,11-12,17H2,1-4H3. The van der Waals surface area contributed by atoms with Gasteiger partial charge in [0.1, 0.15) is 0 Å². The van der Waals surface area contributed by atoms with Crippen LogP contribution in [0.15, 0.2) is 24.3 Å². The Labute approximate surface area is 127 Å². The Kier molecular flexibility index (Phi) is 6.30. The zero-order valence-electron chi connectivity index (χ0n) is 13.5. The summed E-state index contributed by atoms with van der Waals surface area (Å²) in [7, 11) is 0. The van der Waals surface area contributed by atoms with E-state index >= 15 is 0 Å². The second-order valence-electron chi connectivity index (χ2n) is 6.37. The molecule has 5 heteroatoms. The number of hydrogen-bond donors (Lipinski definition) is 1. The van der Waals surface area contributed by atoms with Gasteiger partial charge in [-0.25, -0.2) is 0 Å². The average Bonchev–Trinajstić information content (AvgIpc) is 2.46. The Morgan fingerprint density at radius 1 is 1.43 bits per heavy atom. The summed E-state index contributed by atoms with van der Waals surface area (Å²) in [6.45, 7) is 11.0. The van der Waals surface area contributed by atoms with Gasteiger partial charge >= 0.3 is 0 Å². The van der Waals surface area contributed by atoms with Gasteiger partial charge in [0.05, 0.1) is 4.92 Å². The number of non-ortho nitro benzene ring substituents is 1. The number of nitrogens with zero attached hydrogens (tertiary/aromatic N) is 2. The molecule has 2 N–H and O–H groups in total. The molecule has 0 saturated heterocycles.